The molecule has 0 aromatic heterocycles. The van der Waals surface area contributed by atoms with Crippen molar-refractivity contribution in [2.24, 2.45) is 4.99 Å². The highest BCUT2D eigenvalue weighted by Crippen LogP contribution is 2.28. The van der Waals surface area contributed by atoms with Gasteiger partial charge in [0.1, 0.15) is 6.54 Å². The molecular weight excluding hydrogens is 378 g/mol. The largest absolute Gasteiger partial charge is 0.328 e. The average Bonchev–Trinajstić information content (AvgIpc) is 2.88. The van der Waals surface area contributed by atoms with E-state index < -0.39 is 18.2 Å². The van der Waals surface area contributed by atoms with Crippen molar-refractivity contribution in [3.05, 3.63) is 30.3 Å². The van der Waals surface area contributed by atoms with E-state index in [1.165, 1.54) is 11.9 Å². The monoisotopic (exact) mass is 393 g/mol. The Labute approximate surface area is 147 Å². The van der Waals surface area contributed by atoms with Crippen molar-refractivity contribution >= 4 is 44.2 Å². The van der Waals surface area contributed by atoms with Crippen molar-refractivity contribution in [3.63, 3.8) is 0 Å². The van der Waals surface area contributed by atoms with Gasteiger partial charge in [0.2, 0.25) is 5.91 Å². The number of carbonyl (C=O) groups is 3. The second-order valence-electron chi connectivity index (χ2n) is 5.59. The van der Waals surface area contributed by atoms with E-state index in [9.17, 15) is 14.4 Å². The summed E-state index contributed by atoms with van der Waals surface area (Å²) in [4.78, 5) is 45.1. The van der Waals surface area contributed by atoms with Crippen LogP contribution in [0, 0.1) is 0 Å². The third-order valence-corrected chi connectivity index (χ3v) is 4.69. The van der Waals surface area contributed by atoms with Gasteiger partial charge in [-0.15, -0.1) is 0 Å². The minimum absolute atomic E-state index is 0.0538. The first-order chi connectivity index (χ1) is 11.4. The maximum atomic E-state index is 12.5. The number of halogens is 1. The van der Waals surface area contributed by atoms with Gasteiger partial charge in [0.25, 0.3) is 5.91 Å². The number of rotatable bonds is 3. The van der Waals surface area contributed by atoms with Crippen molar-refractivity contribution in [1.29, 1.82) is 0 Å². The Kier molecular flexibility index (Phi) is 4.27. The van der Waals surface area contributed by atoms with E-state index in [2.05, 4.69) is 26.2 Å². The fraction of sp³-hybridized carbons (Fsp3) is 0.333. The Balaban J connectivity index is 1.76. The number of nitrogens with one attached hydrogen (secondary N) is 1. The topological polar surface area (TPSA) is 85.3 Å². The fourth-order valence-electron chi connectivity index (χ4n) is 2.77. The summed E-state index contributed by atoms with van der Waals surface area (Å²) in [5.74, 6) is -0.655. The summed E-state index contributed by atoms with van der Waals surface area (Å²) in [7, 11) is 3.01. The summed E-state index contributed by atoms with van der Waals surface area (Å²) in [6.07, 6.45) is -0.639. The highest BCUT2D eigenvalue weighted by molar-refractivity contribution is 9.18. The molecule has 0 spiro atoms. The molecule has 0 bridgehead atoms. The van der Waals surface area contributed by atoms with Crippen LogP contribution in [0.2, 0.25) is 0 Å². The molecule has 2 atom stereocenters. The number of likely N-dealkylation sites (N-methyl/N-ethyl adjacent to an activating group) is 2. The maximum absolute atomic E-state index is 12.5. The molecule has 1 fully saturated rings. The van der Waals surface area contributed by atoms with Gasteiger partial charge in [-0.2, -0.15) is 0 Å². The number of hydrogen-bond acceptors (Lipinski definition) is 5. The predicted molar refractivity (Wildman–Crippen MR) is 91.6 cm³/mol. The molecule has 126 valence electrons. The number of imide groups is 1. The first-order valence-corrected chi connectivity index (χ1v) is 8.08. The minimum atomic E-state index is -0.714. The molecule has 1 N–H and O–H groups in total. The quantitative estimate of drug-likeness (QED) is 0.773. The molecule has 2 unspecified atom stereocenters. The first-order valence-electron chi connectivity index (χ1n) is 7.29. The number of carbonyl (C=O) groups excluding carboxylic acids is 3. The molecule has 24 heavy (non-hydrogen) atoms. The summed E-state index contributed by atoms with van der Waals surface area (Å²) in [6.45, 7) is -0.0538. The molecule has 2 heterocycles. The number of aliphatic imine (C=N–C) groups is 1. The molecule has 0 aliphatic carbocycles. The molecule has 4 amide bonds. The number of amides is 4. The predicted octanol–water partition coefficient (Wildman–Crippen LogP) is 0.910. The van der Waals surface area contributed by atoms with Gasteiger partial charge in [0.05, 0.1) is 0 Å². The van der Waals surface area contributed by atoms with Crippen LogP contribution in [0.5, 0.6) is 0 Å². The zero-order valence-electron chi connectivity index (χ0n) is 13.1. The third-order valence-electron chi connectivity index (χ3n) is 4.03. The SMILES string of the molecule is CN1C(=O)C2C(N=C(Br)N2CC(=O)Nc2ccccc2)N(C)C1=O. The minimum Gasteiger partial charge on any atom is -0.326 e. The van der Waals surface area contributed by atoms with E-state index in [-0.39, 0.29) is 18.4 Å². The van der Waals surface area contributed by atoms with Crippen LogP contribution in [0.25, 0.3) is 0 Å². The van der Waals surface area contributed by atoms with Crippen LogP contribution in [-0.2, 0) is 9.59 Å². The smallest absolute Gasteiger partial charge is 0.326 e. The Hall–Kier alpha value is -2.42. The van der Waals surface area contributed by atoms with Crippen molar-refractivity contribution < 1.29 is 14.4 Å². The van der Waals surface area contributed by atoms with Crippen LogP contribution in [0.3, 0.4) is 0 Å². The van der Waals surface area contributed by atoms with E-state index in [1.807, 2.05) is 18.2 Å². The van der Waals surface area contributed by atoms with Crippen LogP contribution in [0.1, 0.15) is 0 Å². The number of hydrogen-bond donors (Lipinski definition) is 1. The Morgan fingerprint density at radius 2 is 1.92 bits per heavy atom. The molecule has 2 aliphatic rings. The molecule has 1 saturated heterocycles. The van der Waals surface area contributed by atoms with Crippen LogP contribution in [-0.4, -0.2) is 70.1 Å². The molecule has 9 heteroatoms. The second-order valence-corrected chi connectivity index (χ2v) is 6.30. The number of benzene rings is 1. The lowest BCUT2D eigenvalue weighted by Crippen LogP contribution is -2.64. The summed E-state index contributed by atoms with van der Waals surface area (Å²) in [6, 6.07) is 7.92. The zero-order chi connectivity index (χ0) is 17.4. The van der Waals surface area contributed by atoms with Gasteiger partial charge in [-0.1, -0.05) is 18.2 Å². The molecule has 2 aliphatic heterocycles. The van der Waals surface area contributed by atoms with E-state index in [0.29, 0.717) is 10.4 Å². The van der Waals surface area contributed by atoms with E-state index in [4.69, 9.17) is 0 Å². The van der Waals surface area contributed by atoms with Crippen molar-refractivity contribution in [2.45, 2.75) is 12.2 Å². The van der Waals surface area contributed by atoms with Gasteiger partial charge >= 0.3 is 6.03 Å². The van der Waals surface area contributed by atoms with E-state index in [0.717, 1.165) is 4.90 Å². The highest BCUT2D eigenvalue weighted by Gasteiger charge is 2.50. The number of urea groups is 1. The molecule has 1 aromatic rings. The normalized spacial score (nSPS) is 23.3. The van der Waals surface area contributed by atoms with Gasteiger partial charge in [-0.3, -0.25) is 14.5 Å². The van der Waals surface area contributed by atoms with Crippen molar-refractivity contribution in [1.82, 2.24) is 14.7 Å². The number of nitrogens with zero attached hydrogens (tertiary/aromatic N) is 4. The van der Waals surface area contributed by atoms with Gasteiger partial charge in [0.15, 0.2) is 17.0 Å². The third kappa shape index (κ3) is 2.75. The van der Waals surface area contributed by atoms with Gasteiger partial charge in [0, 0.05) is 19.8 Å². The summed E-state index contributed by atoms with van der Waals surface area (Å²) < 4.78 is 0.379. The lowest BCUT2D eigenvalue weighted by molar-refractivity contribution is -0.136. The Bertz CT molecular complexity index is 723. The molecule has 1 aromatic carbocycles. The highest BCUT2D eigenvalue weighted by atomic mass is 79.9. The van der Waals surface area contributed by atoms with E-state index >= 15 is 0 Å². The van der Waals surface area contributed by atoms with Crippen LogP contribution in [0.15, 0.2) is 35.3 Å². The molecule has 8 nitrogen and oxygen atoms in total. The van der Waals surface area contributed by atoms with Crippen molar-refractivity contribution in [2.75, 3.05) is 26.0 Å². The second kappa shape index (κ2) is 6.23. The number of amidine groups is 1. The van der Waals surface area contributed by atoms with Gasteiger partial charge < -0.3 is 15.1 Å². The fourth-order valence-corrected chi connectivity index (χ4v) is 3.33. The summed E-state index contributed by atoms with van der Waals surface area (Å²) in [5, 5.41) is 2.77. The standard InChI is InChI=1S/C15H16BrN5O3/c1-19-12-11(13(23)20(2)15(19)24)21(14(16)18-12)8-10(22)17-9-6-4-3-5-7-9/h3-7,11-12H,8H2,1-2H3,(H,17,22). The zero-order valence-corrected chi connectivity index (χ0v) is 14.7. The molecular formula is C15H16BrN5O3. The Morgan fingerprint density at radius 3 is 2.58 bits per heavy atom. The number of anilines is 1. The lowest BCUT2D eigenvalue weighted by atomic mass is 10.1. The lowest BCUT2D eigenvalue weighted by Gasteiger charge is -2.39. The average molecular weight is 394 g/mol. The number of para-hydroxylation sites is 1. The summed E-state index contributed by atoms with van der Waals surface area (Å²) >= 11 is 3.29. The van der Waals surface area contributed by atoms with Crippen LogP contribution >= 0.6 is 15.9 Å². The molecule has 0 radical (unpaired) electrons. The Morgan fingerprint density at radius 1 is 1.25 bits per heavy atom. The first kappa shape index (κ1) is 16.4. The molecule has 3 rings (SSSR count). The van der Waals surface area contributed by atoms with Crippen LogP contribution in [0.4, 0.5) is 10.5 Å². The van der Waals surface area contributed by atoms with Crippen LogP contribution < -0.4 is 5.32 Å². The maximum Gasteiger partial charge on any atom is 0.328 e. The van der Waals surface area contributed by atoms with Gasteiger partial charge in [-0.05, 0) is 28.1 Å². The van der Waals surface area contributed by atoms with Crippen molar-refractivity contribution in [3.8, 4) is 0 Å². The van der Waals surface area contributed by atoms with Gasteiger partial charge in [-0.25, -0.2) is 9.79 Å². The van der Waals surface area contributed by atoms with E-state index in [1.54, 1.807) is 24.1 Å². The number of fused-ring (bicyclic) bond motifs is 1. The molecule has 0 saturated carbocycles. The summed E-state index contributed by atoms with van der Waals surface area (Å²) in [5.41, 5.74) is 0.672.